The van der Waals surface area contributed by atoms with E-state index in [-0.39, 0.29) is 18.1 Å². The summed E-state index contributed by atoms with van der Waals surface area (Å²) >= 11 is 0. The number of carbonyl (C=O) groups excluding carboxylic acids is 1. The Bertz CT molecular complexity index is 221. The van der Waals surface area contributed by atoms with E-state index in [2.05, 4.69) is 5.32 Å². The van der Waals surface area contributed by atoms with Gasteiger partial charge in [-0.15, -0.1) is 0 Å². The summed E-state index contributed by atoms with van der Waals surface area (Å²) in [5.41, 5.74) is -0.0704. The van der Waals surface area contributed by atoms with Gasteiger partial charge in [-0.1, -0.05) is 6.08 Å². The average molecular weight is 199 g/mol. The van der Waals surface area contributed by atoms with Gasteiger partial charge in [-0.3, -0.25) is 0 Å². The summed E-state index contributed by atoms with van der Waals surface area (Å²) in [7, 11) is 0. The molecular weight excluding hydrogens is 182 g/mol. The van der Waals surface area contributed by atoms with Crippen molar-refractivity contribution < 1.29 is 14.6 Å². The van der Waals surface area contributed by atoms with Crippen LogP contribution in [0.3, 0.4) is 0 Å². The highest BCUT2D eigenvalue weighted by Gasteiger charge is 2.40. The van der Waals surface area contributed by atoms with Crippen LogP contribution < -0.4 is 5.32 Å². The van der Waals surface area contributed by atoms with Crippen LogP contribution in [0.1, 0.15) is 19.8 Å². The Morgan fingerprint density at radius 2 is 2.36 bits per heavy atom. The lowest BCUT2D eigenvalue weighted by Gasteiger charge is -2.11. The Balaban J connectivity index is 2.11. The molecule has 1 fully saturated rings. The van der Waals surface area contributed by atoms with Gasteiger partial charge in [0.2, 0.25) is 0 Å². The third-order valence-electron chi connectivity index (χ3n) is 2.29. The number of esters is 1. The lowest BCUT2D eigenvalue weighted by atomic mass is 10.3. The van der Waals surface area contributed by atoms with Crippen LogP contribution >= 0.6 is 0 Å². The third kappa shape index (κ3) is 3.47. The number of hydrogen-bond donors (Lipinski definition) is 2. The van der Waals surface area contributed by atoms with E-state index in [0.29, 0.717) is 13.2 Å². The second kappa shape index (κ2) is 5.12. The normalized spacial score (nSPS) is 18.4. The summed E-state index contributed by atoms with van der Waals surface area (Å²) < 4.78 is 4.71. The topological polar surface area (TPSA) is 58.6 Å². The van der Waals surface area contributed by atoms with Crippen LogP contribution in [0.25, 0.3) is 0 Å². The molecule has 1 aliphatic rings. The first-order chi connectivity index (χ1) is 6.72. The molecule has 0 amide bonds. The number of ether oxygens (including phenoxy) is 1. The Hall–Kier alpha value is -0.870. The maximum atomic E-state index is 10.9. The van der Waals surface area contributed by atoms with Crippen molar-refractivity contribution in [3.05, 3.63) is 12.2 Å². The monoisotopic (exact) mass is 199 g/mol. The van der Waals surface area contributed by atoms with E-state index in [1.54, 1.807) is 13.0 Å². The molecule has 1 rings (SSSR count). The molecule has 0 heterocycles. The van der Waals surface area contributed by atoms with Crippen LogP contribution in [0.15, 0.2) is 12.2 Å². The van der Waals surface area contributed by atoms with Gasteiger partial charge in [-0.25, -0.2) is 4.79 Å². The first-order valence-corrected chi connectivity index (χ1v) is 4.91. The molecule has 4 nitrogen and oxygen atoms in total. The molecule has 14 heavy (non-hydrogen) atoms. The summed E-state index contributed by atoms with van der Waals surface area (Å²) in [6.07, 6.45) is 5.14. The van der Waals surface area contributed by atoms with Crippen molar-refractivity contribution in [2.24, 2.45) is 0 Å². The van der Waals surface area contributed by atoms with Gasteiger partial charge in [-0.05, 0) is 19.8 Å². The fourth-order valence-electron chi connectivity index (χ4n) is 1.16. The van der Waals surface area contributed by atoms with Gasteiger partial charge < -0.3 is 15.2 Å². The van der Waals surface area contributed by atoms with Gasteiger partial charge in [0.05, 0.1) is 13.2 Å². The van der Waals surface area contributed by atoms with Gasteiger partial charge in [0.25, 0.3) is 0 Å². The van der Waals surface area contributed by atoms with E-state index >= 15 is 0 Å². The fourth-order valence-corrected chi connectivity index (χ4v) is 1.16. The molecule has 0 saturated heterocycles. The highest BCUT2D eigenvalue weighted by molar-refractivity contribution is 5.81. The molecular formula is C10H17NO3. The molecule has 0 unspecified atom stereocenters. The van der Waals surface area contributed by atoms with Crippen molar-refractivity contribution in [1.29, 1.82) is 0 Å². The van der Waals surface area contributed by atoms with E-state index in [9.17, 15) is 4.79 Å². The van der Waals surface area contributed by atoms with Gasteiger partial charge in [-0.2, -0.15) is 0 Å². The van der Waals surface area contributed by atoms with Gasteiger partial charge >= 0.3 is 5.97 Å². The van der Waals surface area contributed by atoms with Crippen molar-refractivity contribution in [2.45, 2.75) is 25.3 Å². The molecule has 4 heteroatoms. The van der Waals surface area contributed by atoms with Crippen LogP contribution in [0.2, 0.25) is 0 Å². The second-order valence-corrected chi connectivity index (χ2v) is 3.47. The molecule has 0 aromatic heterocycles. The zero-order valence-corrected chi connectivity index (χ0v) is 8.45. The summed E-state index contributed by atoms with van der Waals surface area (Å²) in [5.74, 6) is -0.317. The number of nitrogens with one attached hydrogen (secondary N) is 1. The molecule has 2 N–H and O–H groups in total. The van der Waals surface area contributed by atoms with Crippen molar-refractivity contribution in [1.82, 2.24) is 5.32 Å². The molecule has 1 aliphatic carbocycles. The Labute approximate surface area is 83.9 Å². The van der Waals surface area contributed by atoms with Gasteiger partial charge in [0.1, 0.15) is 0 Å². The number of hydrogen-bond acceptors (Lipinski definition) is 4. The molecule has 0 aromatic carbocycles. The minimum atomic E-state index is -0.317. The zero-order chi connectivity index (χ0) is 10.4. The lowest BCUT2D eigenvalue weighted by Crippen LogP contribution is -2.34. The molecule has 0 spiro atoms. The minimum absolute atomic E-state index is 0.0704. The SMILES string of the molecule is CCOC(=O)/C=C/CNC1(CO)CC1. The summed E-state index contributed by atoms with van der Waals surface area (Å²) in [6.45, 7) is 2.94. The Morgan fingerprint density at radius 3 is 2.86 bits per heavy atom. The molecule has 0 atom stereocenters. The van der Waals surface area contributed by atoms with Crippen molar-refractivity contribution in [3.63, 3.8) is 0 Å². The Kier molecular flexibility index (Phi) is 4.10. The van der Waals surface area contributed by atoms with Crippen LogP contribution in [-0.4, -0.2) is 36.4 Å². The fraction of sp³-hybridized carbons (Fsp3) is 0.700. The number of aliphatic hydroxyl groups excluding tert-OH is 1. The molecule has 0 aromatic rings. The van der Waals surface area contributed by atoms with Crippen LogP contribution in [-0.2, 0) is 9.53 Å². The minimum Gasteiger partial charge on any atom is -0.463 e. The van der Waals surface area contributed by atoms with Crippen molar-refractivity contribution in [2.75, 3.05) is 19.8 Å². The van der Waals surface area contributed by atoms with Crippen molar-refractivity contribution >= 4 is 5.97 Å². The maximum Gasteiger partial charge on any atom is 0.330 e. The first-order valence-electron chi connectivity index (χ1n) is 4.91. The standard InChI is InChI=1S/C10H17NO3/c1-2-14-9(13)4-3-7-11-10(8-12)5-6-10/h3-4,11-12H,2,5-8H2,1H3/b4-3+. The molecule has 0 radical (unpaired) electrons. The highest BCUT2D eigenvalue weighted by atomic mass is 16.5. The maximum absolute atomic E-state index is 10.9. The quantitative estimate of drug-likeness (QED) is 0.474. The van der Waals surface area contributed by atoms with E-state index in [1.807, 2.05) is 0 Å². The van der Waals surface area contributed by atoms with E-state index < -0.39 is 0 Å². The molecule has 80 valence electrons. The molecule has 1 saturated carbocycles. The smallest absolute Gasteiger partial charge is 0.330 e. The number of carbonyl (C=O) groups is 1. The van der Waals surface area contributed by atoms with E-state index in [0.717, 1.165) is 12.8 Å². The van der Waals surface area contributed by atoms with Crippen molar-refractivity contribution in [3.8, 4) is 0 Å². The molecule has 0 bridgehead atoms. The summed E-state index contributed by atoms with van der Waals surface area (Å²) in [4.78, 5) is 10.9. The average Bonchev–Trinajstić information content (AvgIpc) is 2.94. The second-order valence-electron chi connectivity index (χ2n) is 3.47. The van der Waals surface area contributed by atoms with E-state index in [4.69, 9.17) is 9.84 Å². The van der Waals surface area contributed by atoms with Crippen LogP contribution in [0, 0.1) is 0 Å². The van der Waals surface area contributed by atoms with Gasteiger partial charge in [0.15, 0.2) is 0 Å². The van der Waals surface area contributed by atoms with Gasteiger partial charge in [0, 0.05) is 18.2 Å². The Morgan fingerprint density at radius 1 is 1.64 bits per heavy atom. The predicted octanol–water partition coefficient (Wildman–Crippen LogP) is 0.220. The zero-order valence-electron chi connectivity index (χ0n) is 8.45. The van der Waals surface area contributed by atoms with Crippen LogP contribution in [0.4, 0.5) is 0 Å². The first kappa shape index (κ1) is 11.2. The van der Waals surface area contributed by atoms with E-state index in [1.165, 1.54) is 6.08 Å². The number of rotatable bonds is 6. The largest absolute Gasteiger partial charge is 0.463 e. The summed E-state index contributed by atoms with van der Waals surface area (Å²) in [5, 5.41) is 12.1. The lowest BCUT2D eigenvalue weighted by molar-refractivity contribution is -0.137. The van der Waals surface area contributed by atoms with Crippen LogP contribution in [0.5, 0.6) is 0 Å². The summed E-state index contributed by atoms with van der Waals surface area (Å²) in [6, 6.07) is 0. The predicted molar refractivity (Wildman–Crippen MR) is 52.8 cm³/mol. The highest BCUT2D eigenvalue weighted by Crippen LogP contribution is 2.34. The number of aliphatic hydroxyl groups is 1. The third-order valence-corrected chi connectivity index (χ3v) is 2.29. The molecule has 0 aliphatic heterocycles.